The van der Waals surface area contributed by atoms with Crippen LogP contribution in [0, 0.1) is 0 Å². The third kappa shape index (κ3) is 20.2. The van der Waals surface area contributed by atoms with E-state index >= 15 is 0 Å². The lowest BCUT2D eigenvalue weighted by Crippen LogP contribution is -2.37. The van der Waals surface area contributed by atoms with E-state index in [-0.39, 0.29) is 0 Å². The van der Waals surface area contributed by atoms with Crippen LogP contribution in [-0.4, -0.2) is 4.57 Å². The molecule has 0 N–H and O–H groups in total. The lowest BCUT2D eigenvalue weighted by atomic mass is 10.1. The monoisotopic (exact) mass is 532 g/mol. The average Bonchev–Trinajstić information content (AvgIpc) is 3.31. The van der Waals surface area contributed by atoms with Crippen LogP contribution in [0.15, 0.2) is 12.4 Å². The normalized spacial score (nSPS) is 11.6. The summed E-state index contributed by atoms with van der Waals surface area (Å²) in [7, 11) is 0. The summed E-state index contributed by atoms with van der Waals surface area (Å²) in [6.07, 6.45) is 44.4. The molecule has 1 aromatic heterocycles. The summed E-state index contributed by atoms with van der Waals surface area (Å²) < 4.78 is 5.24. The van der Waals surface area contributed by atoms with Crippen molar-refractivity contribution in [2.75, 3.05) is 0 Å². The Morgan fingerprint density at radius 1 is 0.447 bits per heavy atom. The van der Waals surface area contributed by atoms with Crippen molar-refractivity contribution >= 4 is 0 Å². The van der Waals surface area contributed by atoms with Gasteiger partial charge in [0.1, 0.15) is 12.4 Å². The Labute approximate surface area is 240 Å². The molecule has 2 nitrogen and oxygen atoms in total. The molecule has 1 aromatic rings. The molecule has 0 aromatic carbocycles. The maximum absolute atomic E-state index is 2.62. The molecule has 0 atom stereocenters. The van der Waals surface area contributed by atoms with Crippen LogP contribution < -0.4 is 4.57 Å². The Hall–Kier alpha value is -0.790. The second-order valence-corrected chi connectivity index (χ2v) is 12.3. The van der Waals surface area contributed by atoms with Gasteiger partial charge in [-0.15, -0.1) is 0 Å². The second kappa shape index (κ2) is 27.8. The van der Waals surface area contributed by atoms with E-state index in [1.54, 1.807) is 5.82 Å². The lowest BCUT2D eigenvalue weighted by Gasteiger charge is -2.07. The van der Waals surface area contributed by atoms with Gasteiger partial charge in [-0.3, -0.25) is 0 Å². The van der Waals surface area contributed by atoms with Gasteiger partial charge >= 0.3 is 0 Å². The van der Waals surface area contributed by atoms with Crippen molar-refractivity contribution in [1.29, 1.82) is 0 Å². The summed E-state index contributed by atoms with van der Waals surface area (Å²) in [5.41, 5.74) is 0. The molecule has 0 aliphatic carbocycles. The number of hydrogen-bond acceptors (Lipinski definition) is 0. The smallest absolute Gasteiger partial charge is 0.234 e. The molecular formula is C36H71N2+. The highest BCUT2D eigenvalue weighted by Crippen LogP contribution is 2.14. The van der Waals surface area contributed by atoms with Crippen molar-refractivity contribution in [2.24, 2.45) is 0 Å². The molecule has 0 spiro atoms. The molecule has 0 fully saturated rings. The first-order valence-corrected chi connectivity index (χ1v) is 17.9. The Balaban J connectivity index is 2.28. The maximum Gasteiger partial charge on any atom is 0.256 e. The van der Waals surface area contributed by atoms with E-state index in [0.717, 1.165) is 0 Å². The van der Waals surface area contributed by atoms with Crippen molar-refractivity contribution < 1.29 is 4.57 Å². The fourth-order valence-electron chi connectivity index (χ4n) is 5.97. The summed E-state index contributed by atoms with van der Waals surface area (Å²) in [5.74, 6) is 1.61. The molecule has 0 unspecified atom stereocenters. The van der Waals surface area contributed by atoms with Crippen molar-refractivity contribution in [1.82, 2.24) is 4.57 Å². The number of unbranched alkanes of at least 4 members (excludes halogenated alkanes) is 24. The molecule has 0 aliphatic rings. The molecule has 1 heterocycles. The van der Waals surface area contributed by atoms with Gasteiger partial charge in [-0.2, -0.15) is 0 Å². The predicted octanol–water partition coefficient (Wildman–Crippen LogP) is 11.9. The molecule has 0 saturated carbocycles. The van der Waals surface area contributed by atoms with Gasteiger partial charge < -0.3 is 0 Å². The van der Waals surface area contributed by atoms with Crippen LogP contribution >= 0.6 is 0 Å². The Morgan fingerprint density at radius 2 is 0.816 bits per heavy atom. The van der Waals surface area contributed by atoms with E-state index in [0.29, 0.717) is 0 Å². The van der Waals surface area contributed by atoms with E-state index < -0.39 is 0 Å². The Kier molecular flexibility index (Phi) is 25.7. The highest BCUT2D eigenvalue weighted by atomic mass is 15.1. The first-order valence-electron chi connectivity index (χ1n) is 17.9. The number of nitrogens with zero attached hydrogens (tertiary/aromatic N) is 2. The van der Waals surface area contributed by atoms with Crippen LogP contribution in [0.1, 0.15) is 200 Å². The van der Waals surface area contributed by atoms with Gasteiger partial charge in [0, 0.05) is 6.42 Å². The Bertz CT molecular complexity index is 590. The van der Waals surface area contributed by atoms with E-state index in [2.05, 4.69) is 42.3 Å². The van der Waals surface area contributed by atoms with Gasteiger partial charge in [0.05, 0.1) is 13.1 Å². The van der Waals surface area contributed by atoms with Crippen LogP contribution in [-0.2, 0) is 19.5 Å². The van der Waals surface area contributed by atoms with Crippen LogP contribution in [0.4, 0.5) is 0 Å². The predicted molar refractivity (Wildman–Crippen MR) is 170 cm³/mol. The van der Waals surface area contributed by atoms with Crippen molar-refractivity contribution in [3.05, 3.63) is 18.2 Å². The molecule has 224 valence electrons. The number of hydrogen-bond donors (Lipinski definition) is 0. The zero-order valence-corrected chi connectivity index (χ0v) is 26.8. The lowest BCUT2D eigenvalue weighted by molar-refractivity contribution is -0.704. The average molecular weight is 532 g/mol. The van der Waals surface area contributed by atoms with Gasteiger partial charge in [0.25, 0.3) is 5.82 Å². The van der Waals surface area contributed by atoms with Gasteiger partial charge in [0.2, 0.25) is 0 Å². The summed E-state index contributed by atoms with van der Waals surface area (Å²) in [6.45, 7) is 9.39. The van der Waals surface area contributed by atoms with E-state index in [9.17, 15) is 0 Å². The highest BCUT2D eigenvalue weighted by molar-refractivity contribution is 4.84. The van der Waals surface area contributed by atoms with Crippen molar-refractivity contribution in [3.63, 3.8) is 0 Å². The number of aryl methyl sites for hydroxylation is 2. The van der Waals surface area contributed by atoms with Crippen molar-refractivity contribution in [2.45, 2.75) is 214 Å². The van der Waals surface area contributed by atoms with Gasteiger partial charge in [-0.25, -0.2) is 9.13 Å². The largest absolute Gasteiger partial charge is 0.256 e. The second-order valence-electron chi connectivity index (χ2n) is 12.3. The molecule has 0 saturated heterocycles. The molecule has 0 aliphatic heterocycles. The molecule has 0 bridgehead atoms. The van der Waals surface area contributed by atoms with Gasteiger partial charge in [-0.05, 0) is 32.1 Å². The summed E-state index contributed by atoms with van der Waals surface area (Å²) in [5, 5.41) is 0. The van der Waals surface area contributed by atoms with Crippen LogP contribution in [0.25, 0.3) is 0 Å². The highest BCUT2D eigenvalue weighted by Gasteiger charge is 2.16. The van der Waals surface area contributed by atoms with E-state index in [1.807, 2.05) is 0 Å². The van der Waals surface area contributed by atoms with E-state index in [4.69, 9.17) is 0 Å². The maximum atomic E-state index is 2.62. The van der Waals surface area contributed by atoms with Gasteiger partial charge in [0.15, 0.2) is 0 Å². The van der Waals surface area contributed by atoms with Gasteiger partial charge in [-0.1, -0.05) is 162 Å². The standard InChI is InChI=1S/C36H71N2/c1-4-7-10-13-16-18-19-20-22-24-27-30-33-38-35-34-37(36(38)31-28-25-15-12-9-6-3)32-29-26-23-21-17-14-11-8-5-2/h34-35H,4-33H2,1-3H3/q+1. The molecule has 0 radical (unpaired) electrons. The third-order valence-electron chi connectivity index (χ3n) is 8.60. The number of imidazole rings is 1. The minimum absolute atomic E-state index is 1.23. The van der Waals surface area contributed by atoms with Crippen LogP contribution in [0.5, 0.6) is 0 Å². The quantitative estimate of drug-likeness (QED) is 0.0689. The number of aromatic nitrogens is 2. The fourth-order valence-corrected chi connectivity index (χ4v) is 5.97. The van der Waals surface area contributed by atoms with Crippen molar-refractivity contribution in [3.8, 4) is 0 Å². The first kappa shape index (κ1) is 35.2. The Morgan fingerprint density at radius 3 is 1.26 bits per heavy atom. The third-order valence-corrected chi connectivity index (χ3v) is 8.60. The molecule has 2 heteroatoms. The minimum Gasteiger partial charge on any atom is -0.234 e. The molecule has 1 rings (SSSR count). The fraction of sp³-hybridized carbons (Fsp3) is 0.917. The zero-order valence-electron chi connectivity index (χ0n) is 26.8. The first-order chi connectivity index (χ1) is 18.8. The topological polar surface area (TPSA) is 8.81 Å². The van der Waals surface area contributed by atoms with Crippen LogP contribution in [0.3, 0.4) is 0 Å². The molecular weight excluding hydrogens is 460 g/mol. The molecule has 0 amide bonds. The SMILES string of the molecule is CCCCCCCCCCCCCCn1cc[n+](CCCCCCCCCCC)c1CCCCCCCC. The van der Waals surface area contributed by atoms with Crippen LogP contribution in [0.2, 0.25) is 0 Å². The summed E-state index contributed by atoms with van der Waals surface area (Å²) >= 11 is 0. The van der Waals surface area contributed by atoms with E-state index in [1.165, 1.54) is 193 Å². The number of rotatable bonds is 30. The zero-order chi connectivity index (χ0) is 27.4. The molecule has 38 heavy (non-hydrogen) atoms. The minimum atomic E-state index is 1.23. The summed E-state index contributed by atoms with van der Waals surface area (Å²) in [4.78, 5) is 0. The summed E-state index contributed by atoms with van der Waals surface area (Å²) in [6, 6.07) is 0.